The lowest BCUT2D eigenvalue weighted by Crippen LogP contribution is -2.41. The fourth-order valence-corrected chi connectivity index (χ4v) is 1.42. The number of ether oxygens (including phenoxy) is 1. The van der Waals surface area contributed by atoms with E-state index in [0.29, 0.717) is 0 Å². The molecule has 0 aliphatic carbocycles. The van der Waals surface area contributed by atoms with Crippen molar-refractivity contribution < 1.29 is 9.53 Å². The first kappa shape index (κ1) is 8.53. The first-order chi connectivity index (χ1) is 5.24. The van der Waals surface area contributed by atoms with Crippen LogP contribution in [0.4, 0.5) is 0 Å². The van der Waals surface area contributed by atoms with E-state index in [1.807, 2.05) is 4.90 Å². The first-order valence-electron chi connectivity index (χ1n) is 4.02. The lowest BCUT2D eigenvalue weighted by molar-refractivity contribution is -0.132. The summed E-state index contributed by atoms with van der Waals surface area (Å²) >= 11 is 0. The summed E-state index contributed by atoms with van der Waals surface area (Å²) in [5.41, 5.74) is 0. The quantitative estimate of drug-likeness (QED) is 0.559. The summed E-state index contributed by atoms with van der Waals surface area (Å²) in [5, 5.41) is 0. The van der Waals surface area contributed by atoms with Crippen molar-refractivity contribution in [1.29, 1.82) is 0 Å². The third-order valence-corrected chi connectivity index (χ3v) is 2.16. The van der Waals surface area contributed by atoms with Gasteiger partial charge in [-0.3, -0.25) is 4.79 Å². The average molecular weight is 157 g/mol. The molecule has 0 bridgehead atoms. The van der Waals surface area contributed by atoms with Crippen LogP contribution in [0.15, 0.2) is 0 Å². The number of nitrogens with zero attached hydrogens (tertiary/aromatic N) is 1. The van der Waals surface area contributed by atoms with Crippen LogP contribution in [0.1, 0.15) is 19.8 Å². The van der Waals surface area contributed by atoms with Crippen LogP contribution in [0.25, 0.3) is 0 Å². The molecule has 0 aromatic heterocycles. The van der Waals surface area contributed by atoms with E-state index in [-0.39, 0.29) is 12.0 Å². The van der Waals surface area contributed by atoms with Crippen LogP contribution >= 0.6 is 0 Å². The molecule has 1 saturated heterocycles. The van der Waals surface area contributed by atoms with Gasteiger partial charge in [-0.05, 0) is 12.8 Å². The number of hydrogen-bond acceptors (Lipinski definition) is 2. The number of methoxy groups -OCH3 is 1. The molecule has 0 aromatic rings. The Hall–Kier alpha value is -0.570. The Morgan fingerprint density at radius 2 is 2.36 bits per heavy atom. The summed E-state index contributed by atoms with van der Waals surface area (Å²) in [6.45, 7) is 3.28. The maximum atomic E-state index is 10.9. The second-order valence-corrected chi connectivity index (χ2v) is 2.96. The number of piperidine rings is 1. The highest BCUT2D eigenvalue weighted by atomic mass is 16.5. The van der Waals surface area contributed by atoms with Crippen molar-refractivity contribution in [2.75, 3.05) is 20.2 Å². The molecule has 0 spiro atoms. The van der Waals surface area contributed by atoms with Crippen molar-refractivity contribution in [3.63, 3.8) is 0 Å². The van der Waals surface area contributed by atoms with Gasteiger partial charge in [-0.1, -0.05) is 0 Å². The molecule has 1 amide bonds. The number of hydrogen-bond donors (Lipinski definition) is 0. The lowest BCUT2D eigenvalue weighted by atomic mass is 10.1. The number of carbonyl (C=O) groups excluding carboxylic acids is 1. The molecule has 3 heteroatoms. The van der Waals surface area contributed by atoms with Crippen molar-refractivity contribution in [2.24, 2.45) is 0 Å². The summed E-state index contributed by atoms with van der Waals surface area (Å²) in [6.07, 6.45) is 2.41. The molecule has 0 aromatic carbocycles. The van der Waals surface area contributed by atoms with Gasteiger partial charge in [0.1, 0.15) is 0 Å². The van der Waals surface area contributed by atoms with Gasteiger partial charge in [0, 0.05) is 27.1 Å². The topological polar surface area (TPSA) is 29.5 Å². The van der Waals surface area contributed by atoms with E-state index in [0.717, 1.165) is 25.9 Å². The Morgan fingerprint density at radius 1 is 1.64 bits per heavy atom. The van der Waals surface area contributed by atoms with Crippen molar-refractivity contribution in [2.45, 2.75) is 25.9 Å². The number of amides is 1. The Morgan fingerprint density at radius 3 is 2.91 bits per heavy atom. The minimum Gasteiger partial charge on any atom is -0.380 e. The molecule has 1 atom stereocenters. The fourth-order valence-electron chi connectivity index (χ4n) is 1.42. The summed E-state index contributed by atoms with van der Waals surface area (Å²) in [7, 11) is 1.70. The molecular formula is C8H15NO2. The number of rotatable bonds is 1. The Labute approximate surface area is 67.3 Å². The largest absolute Gasteiger partial charge is 0.380 e. The molecule has 0 saturated carbocycles. The van der Waals surface area contributed by atoms with Gasteiger partial charge in [-0.25, -0.2) is 0 Å². The number of carbonyl (C=O) groups is 1. The molecule has 1 rings (SSSR count). The van der Waals surface area contributed by atoms with E-state index in [9.17, 15) is 4.79 Å². The van der Waals surface area contributed by atoms with Gasteiger partial charge in [-0.2, -0.15) is 0 Å². The fraction of sp³-hybridized carbons (Fsp3) is 0.875. The molecule has 11 heavy (non-hydrogen) atoms. The second kappa shape index (κ2) is 3.72. The average Bonchev–Trinajstić information content (AvgIpc) is 2.05. The molecule has 1 heterocycles. The lowest BCUT2D eigenvalue weighted by Gasteiger charge is -2.30. The van der Waals surface area contributed by atoms with E-state index >= 15 is 0 Å². The highest BCUT2D eigenvalue weighted by Crippen LogP contribution is 2.11. The third kappa shape index (κ3) is 2.19. The molecule has 1 aliphatic rings. The monoisotopic (exact) mass is 157 g/mol. The van der Waals surface area contributed by atoms with Crippen molar-refractivity contribution >= 4 is 5.91 Å². The highest BCUT2D eigenvalue weighted by molar-refractivity contribution is 5.73. The third-order valence-electron chi connectivity index (χ3n) is 2.16. The van der Waals surface area contributed by atoms with Crippen LogP contribution in [0, 0.1) is 0 Å². The van der Waals surface area contributed by atoms with Crippen LogP contribution in [0.3, 0.4) is 0 Å². The van der Waals surface area contributed by atoms with Gasteiger partial charge in [0.15, 0.2) is 0 Å². The SMILES string of the molecule is COC1CCCN(C(C)=O)C1. The summed E-state index contributed by atoms with van der Waals surface area (Å²) in [5.74, 6) is 0.159. The van der Waals surface area contributed by atoms with Gasteiger partial charge in [-0.15, -0.1) is 0 Å². The van der Waals surface area contributed by atoms with Crippen LogP contribution in [-0.4, -0.2) is 37.1 Å². The predicted octanol–water partition coefficient (Wildman–Crippen LogP) is 0.644. The zero-order valence-corrected chi connectivity index (χ0v) is 7.17. The molecule has 0 N–H and O–H groups in total. The van der Waals surface area contributed by atoms with Gasteiger partial charge in [0.05, 0.1) is 6.10 Å². The summed E-state index contributed by atoms with van der Waals surface area (Å²) in [6, 6.07) is 0. The Kier molecular flexibility index (Phi) is 2.88. The zero-order chi connectivity index (χ0) is 8.27. The predicted molar refractivity (Wildman–Crippen MR) is 42.3 cm³/mol. The van der Waals surface area contributed by atoms with Gasteiger partial charge in [0.25, 0.3) is 0 Å². The zero-order valence-electron chi connectivity index (χ0n) is 7.17. The van der Waals surface area contributed by atoms with Crippen molar-refractivity contribution in [3.8, 4) is 0 Å². The van der Waals surface area contributed by atoms with E-state index in [1.54, 1.807) is 14.0 Å². The van der Waals surface area contributed by atoms with Crippen LogP contribution in [0.5, 0.6) is 0 Å². The standard InChI is InChI=1S/C8H15NO2/c1-7(10)9-5-3-4-8(6-9)11-2/h8H,3-6H2,1-2H3. The Balaban J connectivity index is 2.39. The van der Waals surface area contributed by atoms with Crippen molar-refractivity contribution in [3.05, 3.63) is 0 Å². The smallest absolute Gasteiger partial charge is 0.219 e. The van der Waals surface area contributed by atoms with Crippen molar-refractivity contribution in [1.82, 2.24) is 4.90 Å². The molecule has 3 nitrogen and oxygen atoms in total. The molecular weight excluding hydrogens is 142 g/mol. The van der Waals surface area contributed by atoms with Gasteiger partial charge >= 0.3 is 0 Å². The molecule has 1 fully saturated rings. The Bertz CT molecular complexity index is 147. The number of likely N-dealkylation sites (tertiary alicyclic amines) is 1. The molecule has 64 valence electrons. The molecule has 1 unspecified atom stereocenters. The van der Waals surface area contributed by atoms with Crippen LogP contribution < -0.4 is 0 Å². The van der Waals surface area contributed by atoms with E-state index in [4.69, 9.17) is 4.74 Å². The molecule has 1 aliphatic heterocycles. The normalized spacial score (nSPS) is 25.3. The first-order valence-corrected chi connectivity index (χ1v) is 4.02. The van der Waals surface area contributed by atoms with E-state index in [1.165, 1.54) is 0 Å². The van der Waals surface area contributed by atoms with Gasteiger partial charge < -0.3 is 9.64 Å². The van der Waals surface area contributed by atoms with Crippen LogP contribution in [0.2, 0.25) is 0 Å². The highest BCUT2D eigenvalue weighted by Gasteiger charge is 2.20. The van der Waals surface area contributed by atoms with Gasteiger partial charge in [0.2, 0.25) is 5.91 Å². The van der Waals surface area contributed by atoms with Crippen LogP contribution in [-0.2, 0) is 9.53 Å². The van der Waals surface area contributed by atoms with E-state index < -0.39 is 0 Å². The minimum atomic E-state index is 0.159. The minimum absolute atomic E-state index is 0.159. The molecule has 0 radical (unpaired) electrons. The summed E-state index contributed by atoms with van der Waals surface area (Å²) in [4.78, 5) is 12.8. The van der Waals surface area contributed by atoms with E-state index in [2.05, 4.69) is 0 Å². The maximum Gasteiger partial charge on any atom is 0.219 e. The summed E-state index contributed by atoms with van der Waals surface area (Å²) < 4.78 is 5.18. The second-order valence-electron chi connectivity index (χ2n) is 2.96. The maximum absolute atomic E-state index is 10.9.